The summed E-state index contributed by atoms with van der Waals surface area (Å²) in [7, 11) is 1.69. The lowest BCUT2D eigenvalue weighted by Gasteiger charge is -2.19. The largest absolute Gasteiger partial charge is 0.396 e. The summed E-state index contributed by atoms with van der Waals surface area (Å²) < 4.78 is 1.50. The van der Waals surface area contributed by atoms with Crippen LogP contribution in [0.3, 0.4) is 0 Å². The number of hydrogen-bond donors (Lipinski definition) is 2. The highest BCUT2D eigenvalue weighted by Crippen LogP contribution is 2.30. The highest BCUT2D eigenvalue weighted by atomic mass is 16.6. The molecular weight excluding hydrogens is 248 g/mol. The molecule has 2 atom stereocenters. The van der Waals surface area contributed by atoms with E-state index in [9.17, 15) is 10.1 Å². The van der Waals surface area contributed by atoms with Crippen molar-refractivity contribution in [2.24, 2.45) is 13.0 Å². The van der Waals surface area contributed by atoms with Gasteiger partial charge in [-0.3, -0.25) is 10.1 Å². The summed E-state index contributed by atoms with van der Waals surface area (Å²) in [6.45, 7) is 5.76. The van der Waals surface area contributed by atoms with Gasteiger partial charge in [0.25, 0.3) is 0 Å². The molecule has 0 saturated carbocycles. The van der Waals surface area contributed by atoms with Crippen molar-refractivity contribution in [3.05, 3.63) is 15.8 Å². The molecule has 0 aliphatic heterocycles. The predicted octanol–water partition coefficient (Wildman–Crippen LogP) is 1.71. The zero-order valence-electron chi connectivity index (χ0n) is 11.9. The Bertz CT molecular complexity index is 444. The molecule has 0 spiro atoms. The molecule has 1 aromatic rings. The van der Waals surface area contributed by atoms with Crippen molar-refractivity contribution in [3.8, 4) is 0 Å². The van der Waals surface area contributed by atoms with Gasteiger partial charge in [-0.05, 0) is 19.3 Å². The molecule has 7 nitrogen and oxygen atoms in total. The number of nitro groups is 1. The molecule has 7 heteroatoms. The van der Waals surface area contributed by atoms with Gasteiger partial charge in [0, 0.05) is 19.7 Å². The molecule has 0 aromatic carbocycles. The van der Waals surface area contributed by atoms with E-state index in [0.29, 0.717) is 17.9 Å². The second-order valence-electron chi connectivity index (χ2n) is 4.87. The van der Waals surface area contributed by atoms with Gasteiger partial charge in [0.1, 0.15) is 5.69 Å². The Morgan fingerprint density at radius 3 is 2.63 bits per heavy atom. The van der Waals surface area contributed by atoms with Crippen LogP contribution in [0.15, 0.2) is 0 Å². The lowest BCUT2D eigenvalue weighted by molar-refractivity contribution is -0.384. The van der Waals surface area contributed by atoms with E-state index in [1.165, 1.54) is 4.68 Å². The van der Waals surface area contributed by atoms with Gasteiger partial charge in [0.15, 0.2) is 0 Å². The van der Waals surface area contributed by atoms with Crippen molar-refractivity contribution in [3.63, 3.8) is 0 Å². The smallest absolute Gasteiger partial charge is 0.333 e. The quantitative estimate of drug-likeness (QED) is 0.581. The summed E-state index contributed by atoms with van der Waals surface area (Å²) in [6.07, 6.45) is 1.38. The van der Waals surface area contributed by atoms with Crippen molar-refractivity contribution in [1.82, 2.24) is 9.78 Å². The van der Waals surface area contributed by atoms with Crippen molar-refractivity contribution in [2.75, 3.05) is 11.9 Å². The molecular formula is C12H22N4O3. The first kappa shape index (κ1) is 15.4. The minimum atomic E-state index is -0.392. The number of rotatable bonds is 7. The molecule has 0 radical (unpaired) electrons. The van der Waals surface area contributed by atoms with Gasteiger partial charge < -0.3 is 10.4 Å². The molecule has 0 aliphatic rings. The van der Waals surface area contributed by atoms with Crippen molar-refractivity contribution >= 4 is 11.5 Å². The van der Waals surface area contributed by atoms with E-state index in [1.54, 1.807) is 7.05 Å². The Hall–Kier alpha value is -1.63. The molecule has 108 valence electrons. The van der Waals surface area contributed by atoms with Gasteiger partial charge in [0.2, 0.25) is 5.82 Å². The fourth-order valence-corrected chi connectivity index (χ4v) is 1.84. The molecule has 0 bridgehead atoms. The van der Waals surface area contributed by atoms with Gasteiger partial charge in [-0.1, -0.05) is 20.3 Å². The second kappa shape index (κ2) is 6.51. The van der Waals surface area contributed by atoms with Crippen LogP contribution in [-0.2, 0) is 13.5 Å². The molecule has 0 aliphatic carbocycles. The third-order valence-electron chi connectivity index (χ3n) is 3.27. The standard InChI is InChI=1S/C12H22N4O3/c1-5-6-10-11(16(18)19)12(15(4)14-10)13-9(3)8(2)7-17/h8-9,13,17H,5-7H2,1-4H3. The zero-order valence-corrected chi connectivity index (χ0v) is 11.9. The van der Waals surface area contributed by atoms with Crippen LogP contribution in [0.4, 0.5) is 11.5 Å². The van der Waals surface area contributed by atoms with Crippen LogP contribution >= 0.6 is 0 Å². The van der Waals surface area contributed by atoms with E-state index < -0.39 is 4.92 Å². The van der Waals surface area contributed by atoms with E-state index in [-0.39, 0.29) is 24.3 Å². The van der Waals surface area contributed by atoms with Gasteiger partial charge in [-0.15, -0.1) is 0 Å². The number of hydrogen-bond acceptors (Lipinski definition) is 5. The van der Waals surface area contributed by atoms with Crippen molar-refractivity contribution < 1.29 is 10.0 Å². The van der Waals surface area contributed by atoms with Gasteiger partial charge in [0.05, 0.1) is 4.92 Å². The van der Waals surface area contributed by atoms with Crippen LogP contribution in [-0.4, -0.2) is 32.5 Å². The number of aliphatic hydroxyl groups is 1. The molecule has 2 N–H and O–H groups in total. The maximum absolute atomic E-state index is 11.2. The fourth-order valence-electron chi connectivity index (χ4n) is 1.84. The SMILES string of the molecule is CCCc1nn(C)c(NC(C)C(C)CO)c1[N+](=O)[O-]. The number of aliphatic hydroxyl groups excluding tert-OH is 1. The highest BCUT2D eigenvalue weighted by molar-refractivity contribution is 5.60. The zero-order chi connectivity index (χ0) is 14.6. The average Bonchev–Trinajstić information content (AvgIpc) is 2.65. The van der Waals surface area contributed by atoms with Crippen LogP contribution in [0, 0.1) is 16.0 Å². The maximum Gasteiger partial charge on any atom is 0.333 e. The average molecular weight is 270 g/mol. The Labute approximate surface area is 112 Å². The van der Waals surface area contributed by atoms with E-state index >= 15 is 0 Å². The van der Waals surface area contributed by atoms with Crippen molar-refractivity contribution in [2.45, 2.75) is 39.7 Å². The Morgan fingerprint density at radius 1 is 1.53 bits per heavy atom. The predicted molar refractivity (Wildman–Crippen MR) is 73.2 cm³/mol. The lowest BCUT2D eigenvalue weighted by Crippen LogP contribution is -2.27. The minimum Gasteiger partial charge on any atom is -0.396 e. The molecule has 1 rings (SSSR count). The van der Waals surface area contributed by atoms with Crippen molar-refractivity contribution in [1.29, 1.82) is 0 Å². The van der Waals surface area contributed by atoms with Crippen LogP contribution in [0.5, 0.6) is 0 Å². The van der Waals surface area contributed by atoms with E-state index in [0.717, 1.165) is 6.42 Å². The first-order chi connectivity index (χ1) is 8.92. The molecule has 2 unspecified atom stereocenters. The van der Waals surface area contributed by atoms with Crippen LogP contribution in [0.25, 0.3) is 0 Å². The fraction of sp³-hybridized carbons (Fsp3) is 0.750. The Morgan fingerprint density at radius 2 is 2.16 bits per heavy atom. The summed E-state index contributed by atoms with van der Waals surface area (Å²) in [6, 6.07) is -0.0754. The molecule has 0 fully saturated rings. The van der Waals surface area contributed by atoms with Crippen LogP contribution < -0.4 is 5.32 Å². The molecule has 0 saturated heterocycles. The topological polar surface area (TPSA) is 93.2 Å². The third-order valence-corrected chi connectivity index (χ3v) is 3.27. The van der Waals surface area contributed by atoms with Gasteiger partial charge in [-0.2, -0.15) is 5.10 Å². The summed E-state index contributed by atoms with van der Waals surface area (Å²) in [5.41, 5.74) is 0.544. The number of anilines is 1. The molecule has 19 heavy (non-hydrogen) atoms. The molecule has 1 heterocycles. The summed E-state index contributed by atoms with van der Waals surface area (Å²) in [5.74, 6) is 0.408. The minimum absolute atomic E-state index is 0.00382. The first-order valence-electron chi connectivity index (χ1n) is 6.50. The monoisotopic (exact) mass is 270 g/mol. The Kier molecular flexibility index (Phi) is 5.29. The molecule has 1 aromatic heterocycles. The summed E-state index contributed by atoms with van der Waals surface area (Å²) in [4.78, 5) is 10.8. The summed E-state index contributed by atoms with van der Waals surface area (Å²) >= 11 is 0. The van der Waals surface area contributed by atoms with Gasteiger partial charge in [-0.25, -0.2) is 4.68 Å². The first-order valence-corrected chi connectivity index (χ1v) is 6.50. The number of nitrogens with zero attached hydrogens (tertiary/aromatic N) is 3. The number of aryl methyl sites for hydroxylation is 2. The summed E-state index contributed by atoms with van der Waals surface area (Å²) in [5, 5.41) is 27.6. The highest BCUT2D eigenvalue weighted by Gasteiger charge is 2.27. The molecule has 0 amide bonds. The normalized spacial score (nSPS) is 14.2. The van der Waals surface area contributed by atoms with E-state index in [1.807, 2.05) is 20.8 Å². The number of nitrogens with one attached hydrogen (secondary N) is 1. The number of aromatic nitrogens is 2. The van der Waals surface area contributed by atoms with E-state index in [2.05, 4.69) is 10.4 Å². The third kappa shape index (κ3) is 3.44. The lowest BCUT2D eigenvalue weighted by atomic mass is 10.1. The Balaban J connectivity index is 3.08. The maximum atomic E-state index is 11.2. The second-order valence-corrected chi connectivity index (χ2v) is 4.87. The van der Waals surface area contributed by atoms with E-state index in [4.69, 9.17) is 5.11 Å². The van der Waals surface area contributed by atoms with Crippen LogP contribution in [0.1, 0.15) is 32.9 Å². The van der Waals surface area contributed by atoms with Crippen LogP contribution in [0.2, 0.25) is 0 Å². The van der Waals surface area contributed by atoms with Gasteiger partial charge >= 0.3 is 5.69 Å².